The lowest BCUT2D eigenvalue weighted by atomic mass is 9.93. The van der Waals surface area contributed by atoms with Crippen LogP contribution in [0.5, 0.6) is 0 Å². The maximum atomic E-state index is 11.9. The monoisotopic (exact) mass is 221 g/mol. The molecule has 1 atom stereocenters. The van der Waals surface area contributed by atoms with Crippen LogP contribution in [0.1, 0.15) is 30.1 Å². The van der Waals surface area contributed by atoms with E-state index in [0.29, 0.717) is 17.0 Å². The summed E-state index contributed by atoms with van der Waals surface area (Å²) in [5, 5.41) is 9.14. The molecule has 78 valence electrons. The Labute approximate surface area is 94.5 Å². The molecule has 15 heavy (non-hydrogen) atoms. The van der Waals surface area contributed by atoms with E-state index in [1.54, 1.807) is 24.3 Å². The van der Waals surface area contributed by atoms with Gasteiger partial charge in [0, 0.05) is 22.9 Å². The summed E-state index contributed by atoms with van der Waals surface area (Å²) in [6.07, 6.45) is 0.945. The Hall–Kier alpha value is -1.33. The standard InChI is InChI=1S/C12H12ClNO/c1-2-9(6-7-14)12(15)10-4-3-5-11(13)8-10/h3-5,8-9H,2,6H2,1H3. The summed E-state index contributed by atoms with van der Waals surface area (Å²) < 4.78 is 0. The number of ketones is 1. The van der Waals surface area contributed by atoms with Crippen LogP contribution in [0.3, 0.4) is 0 Å². The molecule has 0 aromatic heterocycles. The molecule has 0 fully saturated rings. The van der Waals surface area contributed by atoms with E-state index in [-0.39, 0.29) is 18.1 Å². The maximum Gasteiger partial charge on any atom is 0.167 e. The minimum atomic E-state index is -0.214. The fourth-order valence-electron chi connectivity index (χ4n) is 1.41. The number of hydrogen-bond acceptors (Lipinski definition) is 2. The van der Waals surface area contributed by atoms with E-state index in [1.807, 2.05) is 13.0 Å². The topological polar surface area (TPSA) is 40.9 Å². The summed E-state index contributed by atoms with van der Waals surface area (Å²) in [5.41, 5.74) is 0.588. The summed E-state index contributed by atoms with van der Waals surface area (Å²) in [6, 6.07) is 8.87. The maximum absolute atomic E-state index is 11.9. The second kappa shape index (κ2) is 5.53. The van der Waals surface area contributed by atoms with Crippen LogP contribution in [0, 0.1) is 17.2 Å². The van der Waals surface area contributed by atoms with E-state index >= 15 is 0 Å². The van der Waals surface area contributed by atoms with Gasteiger partial charge in [0.05, 0.1) is 6.07 Å². The van der Waals surface area contributed by atoms with Gasteiger partial charge in [0.1, 0.15) is 0 Å². The van der Waals surface area contributed by atoms with Crippen molar-refractivity contribution in [1.29, 1.82) is 5.26 Å². The van der Waals surface area contributed by atoms with Crippen molar-refractivity contribution in [3.8, 4) is 6.07 Å². The van der Waals surface area contributed by atoms with Crippen molar-refractivity contribution in [3.05, 3.63) is 34.9 Å². The molecule has 0 aliphatic heterocycles. The van der Waals surface area contributed by atoms with Gasteiger partial charge < -0.3 is 0 Å². The number of Topliss-reactive ketones (excluding diaryl/α,β-unsaturated/α-hetero) is 1. The Balaban J connectivity index is 2.88. The van der Waals surface area contributed by atoms with Gasteiger partial charge in [0.15, 0.2) is 5.78 Å². The number of nitrogens with zero attached hydrogens (tertiary/aromatic N) is 1. The zero-order valence-corrected chi connectivity index (χ0v) is 9.29. The lowest BCUT2D eigenvalue weighted by Gasteiger charge is -2.09. The number of benzene rings is 1. The summed E-state index contributed by atoms with van der Waals surface area (Å²) in [6.45, 7) is 1.91. The Morgan fingerprint density at radius 1 is 1.60 bits per heavy atom. The van der Waals surface area contributed by atoms with Gasteiger partial charge in [-0.1, -0.05) is 30.7 Å². The third-order valence-electron chi connectivity index (χ3n) is 2.31. The molecule has 0 spiro atoms. The second-order valence-corrected chi connectivity index (χ2v) is 3.78. The molecule has 0 bridgehead atoms. The Kier molecular flexibility index (Phi) is 4.33. The highest BCUT2D eigenvalue weighted by Gasteiger charge is 2.17. The lowest BCUT2D eigenvalue weighted by Crippen LogP contribution is -2.13. The predicted molar refractivity (Wildman–Crippen MR) is 59.8 cm³/mol. The van der Waals surface area contributed by atoms with E-state index in [4.69, 9.17) is 16.9 Å². The first-order valence-electron chi connectivity index (χ1n) is 4.85. The molecule has 0 N–H and O–H groups in total. The normalized spacial score (nSPS) is 11.8. The molecular formula is C12H12ClNO. The zero-order chi connectivity index (χ0) is 11.3. The molecule has 1 rings (SSSR count). The van der Waals surface area contributed by atoms with E-state index in [1.165, 1.54) is 0 Å². The minimum absolute atomic E-state index is 0.00144. The Bertz CT molecular complexity index is 395. The van der Waals surface area contributed by atoms with Crippen LogP contribution in [0.25, 0.3) is 0 Å². The molecule has 0 saturated heterocycles. The Morgan fingerprint density at radius 3 is 2.87 bits per heavy atom. The largest absolute Gasteiger partial charge is 0.294 e. The van der Waals surface area contributed by atoms with Crippen molar-refractivity contribution in [2.45, 2.75) is 19.8 Å². The first kappa shape index (κ1) is 11.7. The molecule has 2 nitrogen and oxygen atoms in total. The highest BCUT2D eigenvalue weighted by Crippen LogP contribution is 2.18. The van der Waals surface area contributed by atoms with E-state index < -0.39 is 0 Å². The fraction of sp³-hybridized carbons (Fsp3) is 0.333. The summed E-state index contributed by atoms with van der Waals surface area (Å²) in [4.78, 5) is 11.9. The first-order valence-corrected chi connectivity index (χ1v) is 5.23. The molecule has 0 amide bonds. The van der Waals surface area contributed by atoms with Crippen LogP contribution in [-0.2, 0) is 0 Å². The fourth-order valence-corrected chi connectivity index (χ4v) is 1.60. The third-order valence-corrected chi connectivity index (χ3v) is 2.55. The summed E-state index contributed by atoms with van der Waals surface area (Å²) in [5.74, 6) is -0.213. The van der Waals surface area contributed by atoms with Gasteiger partial charge in [0.25, 0.3) is 0 Å². The molecule has 0 radical (unpaired) electrons. The molecule has 1 unspecified atom stereocenters. The van der Waals surface area contributed by atoms with Crippen LogP contribution in [-0.4, -0.2) is 5.78 Å². The van der Waals surface area contributed by atoms with E-state index in [2.05, 4.69) is 0 Å². The molecule has 0 aliphatic carbocycles. The molecule has 0 heterocycles. The SMILES string of the molecule is CCC(CC#N)C(=O)c1cccc(Cl)c1. The number of carbonyl (C=O) groups excluding carboxylic acids is 1. The van der Waals surface area contributed by atoms with Gasteiger partial charge in [0.2, 0.25) is 0 Å². The average molecular weight is 222 g/mol. The van der Waals surface area contributed by atoms with Crippen LogP contribution >= 0.6 is 11.6 Å². The van der Waals surface area contributed by atoms with Gasteiger partial charge in [-0.3, -0.25) is 4.79 Å². The molecular weight excluding hydrogens is 210 g/mol. The van der Waals surface area contributed by atoms with Crippen molar-refractivity contribution in [1.82, 2.24) is 0 Å². The van der Waals surface area contributed by atoms with E-state index in [9.17, 15) is 4.79 Å². The summed E-state index contributed by atoms with van der Waals surface area (Å²) >= 11 is 5.80. The summed E-state index contributed by atoms with van der Waals surface area (Å²) in [7, 11) is 0. The number of hydrogen-bond donors (Lipinski definition) is 0. The highest BCUT2D eigenvalue weighted by molar-refractivity contribution is 6.31. The van der Waals surface area contributed by atoms with Crippen molar-refractivity contribution in [3.63, 3.8) is 0 Å². The van der Waals surface area contributed by atoms with Gasteiger partial charge >= 0.3 is 0 Å². The predicted octanol–water partition coefficient (Wildman–Crippen LogP) is 3.46. The van der Waals surface area contributed by atoms with Crippen LogP contribution in [0.4, 0.5) is 0 Å². The Morgan fingerprint density at radius 2 is 2.33 bits per heavy atom. The van der Waals surface area contributed by atoms with Crippen LogP contribution in [0.2, 0.25) is 5.02 Å². The van der Waals surface area contributed by atoms with Crippen molar-refractivity contribution < 1.29 is 4.79 Å². The van der Waals surface area contributed by atoms with E-state index in [0.717, 1.165) is 0 Å². The minimum Gasteiger partial charge on any atom is -0.294 e. The van der Waals surface area contributed by atoms with Crippen molar-refractivity contribution in [2.75, 3.05) is 0 Å². The molecule has 1 aromatic rings. The molecule has 0 aliphatic rings. The third kappa shape index (κ3) is 3.07. The number of nitriles is 1. The van der Waals surface area contributed by atoms with Crippen molar-refractivity contribution in [2.24, 2.45) is 5.92 Å². The highest BCUT2D eigenvalue weighted by atomic mass is 35.5. The van der Waals surface area contributed by atoms with Crippen molar-refractivity contribution >= 4 is 17.4 Å². The van der Waals surface area contributed by atoms with Gasteiger partial charge in [-0.05, 0) is 18.6 Å². The van der Waals surface area contributed by atoms with Gasteiger partial charge in [-0.15, -0.1) is 0 Å². The first-order chi connectivity index (χ1) is 7.19. The van der Waals surface area contributed by atoms with Crippen LogP contribution < -0.4 is 0 Å². The molecule has 0 saturated carbocycles. The smallest absolute Gasteiger partial charge is 0.167 e. The quantitative estimate of drug-likeness (QED) is 0.731. The molecule has 3 heteroatoms. The second-order valence-electron chi connectivity index (χ2n) is 3.34. The zero-order valence-electron chi connectivity index (χ0n) is 8.53. The van der Waals surface area contributed by atoms with Crippen LogP contribution in [0.15, 0.2) is 24.3 Å². The van der Waals surface area contributed by atoms with Gasteiger partial charge in [-0.25, -0.2) is 0 Å². The van der Waals surface area contributed by atoms with Gasteiger partial charge in [-0.2, -0.15) is 5.26 Å². The number of rotatable bonds is 4. The average Bonchev–Trinajstić information content (AvgIpc) is 2.25. The number of carbonyl (C=O) groups is 1. The number of halogens is 1. The lowest BCUT2D eigenvalue weighted by molar-refractivity contribution is 0.0918. The molecule has 1 aromatic carbocycles.